The molecular formula is C37H55ClN14O. The standard InChI is InChI=1S/C27H40N8O.C10H14N6.ClH/c1-19(2)14-34(15-20(3)4)16-21-8-5-6-10-24(21)28-13-25(36)35-11-7-9-22(17-35)32-26-23-12-31-33-27(23)30-18-29-26;1-2-7(4-11-3-1)15-9-8-5-14-16-10(8)13-6-12-9;/h5-6,8,10,12,18-20,22,28H,7,9,11,13-17H2,1-4H3,(H2,29,30,31,32,33);5-7,11H,1-4H2,(H2,12,13,14,15,16);1H/t22-;7-;/m00./s1. The molecule has 1 amide bonds. The maximum atomic E-state index is 13.1. The first kappa shape index (κ1) is 39.6. The molecule has 2 aliphatic heterocycles. The van der Waals surface area contributed by atoms with Crippen molar-refractivity contribution in [3.63, 3.8) is 0 Å². The number of carbonyl (C=O) groups is 1. The maximum Gasteiger partial charge on any atom is 0.241 e. The van der Waals surface area contributed by atoms with Crippen LogP contribution in [-0.4, -0.2) is 114 Å². The largest absolute Gasteiger partial charge is 0.376 e. The number of carbonyl (C=O) groups excluding carboxylic acids is 1. The lowest BCUT2D eigenvalue weighted by molar-refractivity contribution is -0.130. The van der Waals surface area contributed by atoms with Gasteiger partial charge in [-0.2, -0.15) is 10.2 Å². The monoisotopic (exact) mass is 746 g/mol. The number of benzene rings is 1. The molecule has 15 nitrogen and oxygen atoms in total. The third-order valence-electron chi connectivity index (χ3n) is 9.34. The molecule has 7 rings (SSSR count). The van der Waals surface area contributed by atoms with E-state index in [2.05, 4.69) is 112 Å². The average molecular weight is 747 g/mol. The van der Waals surface area contributed by atoms with Crippen LogP contribution >= 0.6 is 12.4 Å². The van der Waals surface area contributed by atoms with Gasteiger partial charge in [0.05, 0.1) is 29.7 Å². The van der Waals surface area contributed by atoms with Gasteiger partial charge >= 0.3 is 0 Å². The zero-order valence-corrected chi connectivity index (χ0v) is 32.1. The molecule has 2 saturated heterocycles. The molecule has 286 valence electrons. The molecule has 0 spiro atoms. The molecule has 53 heavy (non-hydrogen) atoms. The van der Waals surface area contributed by atoms with Crippen LogP contribution in [0.15, 0.2) is 49.3 Å². The van der Waals surface area contributed by atoms with Crippen molar-refractivity contribution in [2.24, 2.45) is 11.8 Å². The summed E-state index contributed by atoms with van der Waals surface area (Å²) in [6.45, 7) is 15.9. The van der Waals surface area contributed by atoms with Crippen LogP contribution in [-0.2, 0) is 11.3 Å². The molecule has 0 aliphatic carbocycles. The zero-order chi connectivity index (χ0) is 36.3. The highest BCUT2D eigenvalue weighted by Crippen LogP contribution is 2.22. The van der Waals surface area contributed by atoms with Crippen molar-refractivity contribution in [3.8, 4) is 0 Å². The first-order chi connectivity index (χ1) is 25.3. The molecular weight excluding hydrogens is 692 g/mol. The predicted octanol–water partition coefficient (Wildman–Crippen LogP) is 4.92. The summed E-state index contributed by atoms with van der Waals surface area (Å²) in [5.74, 6) is 2.96. The predicted molar refractivity (Wildman–Crippen MR) is 213 cm³/mol. The van der Waals surface area contributed by atoms with Crippen LogP contribution in [0.1, 0.15) is 58.9 Å². The van der Waals surface area contributed by atoms with Crippen LogP contribution in [0.2, 0.25) is 0 Å². The molecule has 2 aliphatic rings. The molecule has 4 aromatic heterocycles. The molecule has 2 fully saturated rings. The highest BCUT2D eigenvalue weighted by Gasteiger charge is 2.25. The molecule has 0 saturated carbocycles. The van der Waals surface area contributed by atoms with Crippen molar-refractivity contribution >= 4 is 57.7 Å². The van der Waals surface area contributed by atoms with Gasteiger partial charge in [0.2, 0.25) is 5.91 Å². The summed E-state index contributed by atoms with van der Waals surface area (Å²) in [6, 6.07) is 8.95. The van der Waals surface area contributed by atoms with Crippen molar-refractivity contribution < 1.29 is 4.79 Å². The highest BCUT2D eigenvalue weighted by atomic mass is 35.5. The number of para-hydroxylation sites is 1. The highest BCUT2D eigenvalue weighted by molar-refractivity contribution is 5.86. The summed E-state index contributed by atoms with van der Waals surface area (Å²) in [6.07, 6.45) is 10.9. The third kappa shape index (κ3) is 11.2. The van der Waals surface area contributed by atoms with Crippen molar-refractivity contribution in [2.75, 3.05) is 61.8 Å². The molecule has 0 bridgehead atoms. The summed E-state index contributed by atoms with van der Waals surface area (Å²) in [5, 5.41) is 29.3. The van der Waals surface area contributed by atoms with Crippen LogP contribution < -0.4 is 21.3 Å². The smallest absolute Gasteiger partial charge is 0.241 e. The van der Waals surface area contributed by atoms with Gasteiger partial charge in [-0.15, -0.1) is 12.4 Å². The van der Waals surface area contributed by atoms with Crippen molar-refractivity contribution in [3.05, 3.63) is 54.9 Å². The minimum absolute atomic E-state index is 0. The minimum Gasteiger partial charge on any atom is -0.376 e. The second-order valence-corrected chi connectivity index (χ2v) is 14.7. The quantitative estimate of drug-likeness (QED) is 0.0959. The average Bonchev–Trinajstić information content (AvgIpc) is 3.83. The lowest BCUT2D eigenvalue weighted by Gasteiger charge is -2.33. The molecule has 16 heteroatoms. The fraction of sp³-hybridized carbons (Fsp3) is 0.541. The maximum absolute atomic E-state index is 13.1. The number of rotatable bonds is 13. The Bertz CT molecular complexity index is 1850. The number of amides is 1. The lowest BCUT2D eigenvalue weighted by Crippen LogP contribution is -2.47. The van der Waals surface area contributed by atoms with Crippen LogP contribution in [0.3, 0.4) is 0 Å². The summed E-state index contributed by atoms with van der Waals surface area (Å²) >= 11 is 0. The van der Waals surface area contributed by atoms with E-state index < -0.39 is 0 Å². The Hall–Kier alpha value is -4.60. The summed E-state index contributed by atoms with van der Waals surface area (Å²) in [4.78, 5) is 34.6. The number of H-pyrrole nitrogens is 2. The van der Waals surface area contributed by atoms with Gasteiger partial charge in [0.1, 0.15) is 24.3 Å². The number of anilines is 3. The van der Waals surface area contributed by atoms with Crippen LogP contribution in [0.4, 0.5) is 17.3 Å². The number of likely N-dealkylation sites (tertiary alicyclic amines) is 1. The second-order valence-electron chi connectivity index (χ2n) is 14.7. The Morgan fingerprint density at radius 3 is 2.11 bits per heavy atom. The molecule has 2 atom stereocenters. The number of piperidine rings is 2. The normalized spacial score (nSPS) is 17.5. The van der Waals surface area contributed by atoms with Gasteiger partial charge in [-0.05, 0) is 55.7 Å². The van der Waals surface area contributed by atoms with E-state index in [1.165, 1.54) is 24.7 Å². The van der Waals surface area contributed by atoms with Crippen LogP contribution in [0.25, 0.3) is 22.1 Å². The summed E-state index contributed by atoms with van der Waals surface area (Å²) in [7, 11) is 0. The molecule has 6 N–H and O–H groups in total. The Morgan fingerprint density at radius 1 is 0.868 bits per heavy atom. The lowest BCUT2D eigenvalue weighted by atomic mass is 10.1. The number of nitrogens with zero attached hydrogens (tertiary/aromatic N) is 8. The van der Waals surface area contributed by atoms with Crippen molar-refractivity contribution in [1.82, 2.24) is 55.4 Å². The Labute approximate surface area is 317 Å². The molecule has 6 heterocycles. The number of hydrogen-bond acceptors (Lipinski definition) is 12. The van der Waals surface area contributed by atoms with Gasteiger partial charge in [0.15, 0.2) is 11.3 Å². The molecule has 0 unspecified atom stereocenters. The SMILES string of the molecule is CC(C)CN(Cc1ccccc1NCC(=O)N1CCC[C@H](Nc2ncnc3[nH]ncc23)C1)CC(C)C.Cl.c1nc(N[C@H]2CCCNC2)c2cn[nH]c2n1. The van der Waals surface area contributed by atoms with Gasteiger partial charge in [0.25, 0.3) is 0 Å². The van der Waals surface area contributed by atoms with Gasteiger partial charge < -0.3 is 26.2 Å². The van der Waals surface area contributed by atoms with Crippen LogP contribution in [0.5, 0.6) is 0 Å². The number of fused-ring (bicyclic) bond motifs is 2. The van der Waals surface area contributed by atoms with E-state index in [1.54, 1.807) is 18.7 Å². The Kier molecular flexibility index (Phi) is 14.5. The van der Waals surface area contributed by atoms with Crippen molar-refractivity contribution in [1.29, 1.82) is 0 Å². The molecule has 0 radical (unpaired) electrons. The van der Waals surface area contributed by atoms with E-state index in [9.17, 15) is 4.79 Å². The van der Waals surface area contributed by atoms with E-state index in [1.807, 2.05) is 11.0 Å². The number of halogens is 1. The minimum atomic E-state index is 0. The van der Waals surface area contributed by atoms with Crippen molar-refractivity contribution in [2.45, 2.75) is 72.0 Å². The molecule has 5 aromatic rings. The van der Waals surface area contributed by atoms with E-state index in [-0.39, 0.29) is 30.9 Å². The van der Waals surface area contributed by atoms with E-state index in [0.717, 1.165) is 85.9 Å². The first-order valence-electron chi connectivity index (χ1n) is 18.7. The summed E-state index contributed by atoms with van der Waals surface area (Å²) < 4.78 is 0. The fourth-order valence-electron chi connectivity index (χ4n) is 7.03. The van der Waals surface area contributed by atoms with Gasteiger partial charge in [-0.1, -0.05) is 45.9 Å². The summed E-state index contributed by atoms with van der Waals surface area (Å²) in [5.41, 5.74) is 3.76. The van der Waals surface area contributed by atoms with Gasteiger partial charge in [-0.25, -0.2) is 19.9 Å². The van der Waals surface area contributed by atoms with E-state index in [4.69, 9.17) is 0 Å². The number of hydrogen-bond donors (Lipinski definition) is 6. The number of nitrogens with one attached hydrogen (secondary N) is 6. The number of aromatic amines is 2. The topological polar surface area (TPSA) is 181 Å². The Morgan fingerprint density at radius 2 is 1.49 bits per heavy atom. The zero-order valence-electron chi connectivity index (χ0n) is 31.3. The van der Waals surface area contributed by atoms with E-state index in [0.29, 0.717) is 30.1 Å². The molecule has 1 aromatic carbocycles. The fourth-order valence-corrected chi connectivity index (χ4v) is 7.03. The van der Waals surface area contributed by atoms with Gasteiger partial charge in [-0.3, -0.25) is 19.9 Å². The first-order valence-corrected chi connectivity index (χ1v) is 18.7. The third-order valence-corrected chi connectivity index (χ3v) is 9.34. The Balaban J connectivity index is 0.000000264. The van der Waals surface area contributed by atoms with Crippen LogP contribution in [0, 0.1) is 11.8 Å². The van der Waals surface area contributed by atoms with Gasteiger partial charge in [0, 0.05) is 57.0 Å². The van der Waals surface area contributed by atoms with E-state index >= 15 is 0 Å². The number of aromatic nitrogens is 8. The second kappa shape index (κ2) is 19.5.